The highest BCUT2D eigenvalue weighted by molar-refractivity contribution is 5.29. The largest absolute Gasteiger partial charge is 0.392 e. The van der Waals surface area contributed by atoms with Crippen LogP contribution in [0.15, 0.2) is 30.6 Å². The zero-order chi connectivity index (χ0) is 11.5. The van der Waals surface area contributed by atoms with Crippen molar-refractivity contribution in [3.05, 3.63) is 41.9 Å². The summed E-state index contributed by atoms with van der Waals surface area (Å²) in [4.78, 5) is 3.93. The Bertz CT molecular complexity index is 470. The van der Waals surface area contributed by atoms with Crippen LogP contribution in [0.25, 0.3) is 5.82 Å². The molecule has 0 saturated carbocycles. The van der Waals surface area contributed by atoms with Gasteiger partial charge in [-0.05, 0) is 12.1 Å². The summed E-state index contributed by atoms with van der Waals surface area (Å²) in [6.45, 7) is -0.466. The van der Waals surface area contributed by atoms with Gasteiger partial charge in [0.2, 0.25) is 0 Å². The average Bonchev–Trinajstić information content (AvgIpc) is 2.73. The second-order valence-corrected chi connectivity index (χ2v) is 3.11. The Hall–Kier alpha value is -1.82. The fraction of sp³-hybridized carbons (Fsp3) is 0.200. The molecule has 0 aliphatic carbocycles. The predicted octanol–water partition coefficient (Wildman–Crippen LogP) is 1.70. The van der Waals surface area contributed by atoms with E-state index in [0.717, 1.165) is 4.68 Å². The molecule has 0 aliphatic heterocycles. The van der Waals surface area contributed by atoms with Crippen LogP contribution < -0.4 is 0 Å². The van der Waals surface area contributed by atoms with E-state index < -0.39 is 13.0 Å². The molecule has 2 heterocycles. The van der Waals surface area contributed by atoms with Gasteiger partial charge in [-0.2, -0.15) is 5.10 Å². The van der Waals surface area contributed by atoms with Crippen LogP contribution in [0.2, 0.25) is 0 Å². The number of alkyl halides is 2. The van der Waals surface area contributed by atoms with Gasteiger partial charge in [-0.15, -0.1) is 0 Å². The highest BCUT2D eigenvalue weighted by Crippen LogP contribution is 2.24. The van der Waals surface area contributed by atoms with Gasteiger partial charge < -0.3 is 5.11 Å². The lowest BCUT2D eigenvalue weighted by molar-refractivity contribution is 0.138. The van der Waals surface area contributed by atoms with Crippen LogP contribution in [0.1, 0.15) is 17.7 Å². The molecule has 0 aliphatic rings. The molecule has 0 atom stereocenters. The Morgan fingerprint density at radius 3 is 2.75 bits per heavy atom. The topological polar surface area (TPSA) is 50.9 Å². The van der Waals surface area contributed by atoms with E-state index in [2.05, 4.69) is 10.1 Å². The molecule has 2 aromatic heterocycles. The quantitative estimate of drug-likeness (QED) is 0.864. The van der Waals surface area contributed by atoms with Crippen LogP contribution in [0.3, 0.4) is 0 Å². The SMILES string of the molecule is OCc1cnn(-c2ccccn2)c1C(F)F. The molecular weight excluding hydrogens is 216 g/mol. The normalized spacial score (nSPS) is 11.0. The first-order valence-electron chi connectivity index (χ1n) is 4.61. The van der Waals surface area contributed by atoms with Crippen molar-refractivity contribution in [2.45, 2.75) is 13.0 Å². The third kappa shape index (κ3) is 1.79. The maximum atomic E-state index is 12.8. The van der Waals surface area contributed by atoms with Gasteiger partial charge in [0, 0.05) is 11.8 Å². The number of pyridine rings is 1. The lowest BCUT2D eigenvalue weighted by atomic mass is 10.2. The average molecular weight is 225 g/mol. The van der Waals surface area contributed by atoms with E-state index in [1.165, 1.54) is 12.4 Å². The summed E-state index contributed by atoms with van der Waals surface area (Å²) < 4.78 is 26.6. The van der Waals surface area contributed by atoms with Gasteiger partial charge in [-0.1, -0.05) is 6.07 Å². The molecule has 6 heteroatoms. The number of aliphatic hydroxyl groups is 1. The Balaban J connectivity index is 2.53. The Morgan fingerprint density at radius 2 is 2.19 bits per heavy atom. The summed E-state index contributed by atoms with van der Waals surface area (Å²) in [5.74, 6) is 0.303. The third-order valence-electron chi connectivity index (χ3n) is 2.13. The molecular formula is C10H9F2N3O. The van der Waals surface area contributed by atoms with Crippen molar-refractivity contribution in [2.24, 2.45) is 0 Å². The van der Waals surface area contributed by atoms with Gasteiger partial charge in [-0.25, -0.2) is 18.4 Å². The fourth-order valence-corrected chi connectivity index (χ4v) is 1.41. The second kappa shape index (κ2) is 4.36. The van der Waals surface area contributed by atoms with E-state index >= 15 is 0 Å². The number of hydrogen-bond donors (Lipinski definition) is 1. The molecule has 0 bridgehead atoms. The number of aromatic nitrogens is 3. The maximum Gasteiger partial charge on any atom is 0.280 e. The van der Waals surface area contributed by atoms with E-state index in [1.54, 1.807) is 18.2 Å². The number of aliphatic hydroxyl groups excluding tert-OH is 1. The van der Waals surface area contributed by atoms with Gasteiger partial charge in [0.25, 0.3) is 6.43 Å². The molecule has 84 valence electrons. The number of nitrogens with zero attached hydrogens (tertiary/aromatic N) is 3. The van der Waals surface area contributed by atoms with Crippen molar-refractivity contribution in [1.29, 1.82) is 0 Å². The lowest BCUT2D eigenvalue weighted by Crippen LogP contribution is -2.05. The van der Waals surface area contributed by atoms with Crippen LogP contribution in [-0.2, 0) is 6.61 Å². The van der Waals surface area contributed by atoms with Crippen molar-refractivity contribution in [1.82, 2.24) is 14.8 Å². The van der Waals surface area contributed by atoms with E-state index in [1.807, 2.05) is 0 Å². The van der Waals surface area contributed by atoms with E-state index in [4.69, 9.17) is 5.11 Å². The molecule has 0 saturated heterocycles. The molecule has 0 spiro atoms. The summed E-state index contributed by atoms with van der Waals surface area (Å²) >= 11 is 0. The highest BCUT2D eigenvalue weighted by Gasteiger charge is 2.20. The summed E-state index contributed by atoms with van der Waals surface area (Å²) in [6.07, 6.45) is 0.00721. The molecule has 0 radical (unpaired) electrons. The van der Waals surface area contributed by atoms with E-state index in [0.29, 0.717) is 5.82 Å². The number of halogens is 2. The minimum absolute atomic E-state index is 0.112. The van der Waals surface area contributed by atoms with Crippen molar-refractivity contribution in [3.63, 3.8) is 0 Å². The lowest BCUT2D eigenvalue weighted by Gasteiger charge is -2.06. The number of hydrogen-bond acceptors (Lipinski definition) is 3. The standard InChI is InChI=1S/C10H9F2N3O/c11-10(12)9-7(6-16)5-14-15(9)8-3-1-2-4-13-8/h1-5,10,16H,6H2. The fourth-order valence-electron chi connectivity index (χ4n) is 1.41. The zero-order valence-corrected chi connectivity index (χ0v) is 8.22. The summed E-state index contributed by atoms with van der Waals surface area (Å²) in [6, 6.07) is 4.93. The Morgan fingerprint density at radius 1 is 1.38 bits per heavy atom. The maximum absolute atomic E-state index is 12.8. The first kappa shape index (κ1) is 10.7. The Kier molecular flexibility index (Phi) is 2.91. The molecule has 0 unspecified atom stereocenters. The van der Waals surface area contributed by atoms with Crippen LogP contribution in [0.4, 0.5) is 8.78 Å². The predicted molar refractivity (Wildman–Crippen MR) is 52.2 cm³/mol. The molecule has 1 N–H and O–H groups in total. The summed E-state index contributed by atoms with van der Waals surface area (Å²) in [7, 11) is 0. The third-order valence-corrected chi connectivity index (χ3v) is 2.13. The second-order valence-electron chi connectivity index (χ2n) is 3.11. The Labute approximate surface area is 90.2 Å². The van der Waals surface area contributed by atoms with Gasteiger partial charge in [-0.3, -0.25) is 0 Å². The molecule has 0 aromatic carbocycles. The van der Waals surface area contributed by atoms with Gasteiger partial charge >= 0.3 is 0 Å². The summed E-state index contributed by atoms with van der Waals surface area (Å²) in [5, 5.41) is 12.7. The molecule has 4 nitrogen and oxygen atoms in total. The smallest absolute Gasteiger partial charge is 0.280 e. The van der Waals surface area contributed by atoms with Crippen molar-refractivity contribution in [3.8, 4) is 5.82 Å². The van der Waals surface area contributed by atoms with Crippen LogP contribution in [0, 0.1) is 0 Å². The van der Waals surface area contributed by atoms with Gasteiger partial charge in [0.1, 0.15) is 5.69 Å². The number of rotatable bonds is 3. The van der Waals surface area contributed by atoms with Gasteiger partial charge in [0.05, 0.1) is 12.8 Å². The highest BCUT2D eigenvalue weighted by atomic mass is 19.3. The first-order valence-corrected chi connectivity index (χ1v) is 4.61. The molecule has 0 fully saturated rings. The van der Waals surface area contributed by atoms with Crippen LogP contribution >= 0.6 is 0 Å². The van der Waals surface area contributed by atoms with E-state index in [9.17, 15) is 8.78 Å². The van der Waals surface area contributed by atoms with Crippen LogP contribution in [-0.4, -0.2) is 19.9 Å². The van der Waals surface area contributed by atoms with Crippen LogP contribution in [0.5, 0.6) is 0 Å². The minimum atomic E-state index is -2.70. The molecule has 0 amide bonds. The zero-order valence-electron chi connectivity index (χ0n) is 8.22. The summed E-state index contributed by atoms with van der Waals surface area (Å²) in [5.41, 5.74) is -0.207. The van der Waals surface area contributed by atoms with Gasteiger partial charge in [0.15, 0.2) is 5.82 Å². The molecule has 2 aromatic rings. The molecule has 16 heavy (non-hydrogen) atoms. The molecule has 2 rings (SSSR count). The van der Waals surface area contributed by atoms with Crippen molar-refractivity contribution < 1.29 is 13.9 Å². The minimum Gasteiger partial charge on any atom is -0.392 e. The van der Waals surface area contributed by atoms with E-state index in [-0.39, 0.29) is 11.3 Å². The monoisotopic (exact) mass is 225 g/mol. The van der Waals surface area contributed by atoms with Crippen molar-refractivity contribution in [2.75, 3.05) is 0 Å². The first-order chi connectivity index (χ1) is 7.74. The van der Waals surface area contributed by atoms with Crippen molar-refractivity contribution >= 4 is 0 Å².